The van der Waals surface area contributed by atoms with Crippen LogP contribution in [0.2, 0.25) is 0 Å². The quantitative estimate of drug-likeness (QED) is 0.827. The maximum Gasteiger partial charge on any atom is 0.317 e. The average molecular weight is 397 g/mol. The Morgan fingerprint density at radius 3 is 2.31 bits per heavy atom. The Balaban J connectivity index is 1.73. The Morgan fingerprint density at radius 1 is 1.03 bits per heavy atom. The average Bonchev–Trinajstić information content (AvgIpc) is 3.12. The first-order valence-corrected chi connectivity index (χ1v) is 9.87. The summed E-state index contributed by atoms with van der Waals surface area (Å²) in [5.41, 5.74) is 1.53. The number of urea groups is 1. The van der Waals surface area contributed by atoms with E-state index < -0.39 is 0 Å². The lowest BCUT2D eigenvalue weighted by Crippen LogP contribution is -2.48. The zero-order valence-electron chi connectivity index (χ0n) is 17.1. The molecule has 1 heterocycles. The molecular weight excluding hydrogens is 369 g/mol. The molecule has 2 atom stereocenters. The molecule has 0 unspecified atom stereocenters. The molecule has 5 nitrogen and oxygen atoms in total. The van der Waals surface area contributed by atoms with Crippen LogP contribution in [0.4, 0.5) is 9.18 Å². The van der Waals surface area contributed by atoms with E-state index in [1.54, 1.807) is 17.0 Å². The van der Waals surface area contributed by atoms with Crippen LogP contribution >= 0.6 is 0 Å². The summed E-state index contributed by atoms with van der Waals surface area (Å²) in [7, 11) is 0. The number of hydrogen-bond acceptors (Lipinski definition) is 2. The molecule has 0 bridgehead atoms. The third kappa shape index (κ3) is 5.56. The number of hydrogen-bond donors (Lipinski definition) is 2. The highest BCUT2D eigenvalue weighted by Gasteiger charge is 2.40. The maximum absolute atomic E-state index is 13.1. The SMILES string of the molecule is CC(C)(C)NC(=O)N1C[C@@H](C(=O)NCc2ccc(F)cc2)[C@H](c2ccccc2)C1. The van der Waals surface area contributed by atoms with E-state index in [2.05, 4.69) is 10.6 Å². The summed E-state index contributed by atoms with van der Waals surface area (Å²) in [6, 6.07) is 15.7. The van der Waals surface area contributed by atoms with Crippen molar-refractivity contribution in [2.45, 2.75) is 38.8 Å². The second-order valence-electron chi connectivity index (χ2n) is 8.55. The van der Waals surface area contributed by atoms with Crippen molar-refractivity contribution < 1.29 is 14.0 Å². The van der Waals surface area contributed by atoms with Gasteiger partial charge in [0.2, 0.25) is 5.91 Å². The van der Waals surface area contributed by atoms with E-state index in [1.807, 2.05) is 51.1 Å². The van der Waals surface area contributed by atoms with E-state index >= 15 is 0 Å². The molecule has 0 saturated carbocycles. The van der Waals surface area contributed by atoms with Crippen LogP contribution in [-0.4, -0.2) is 35.5 Å². The molecule has 154 valence electrons. The summed E-state index contributed by atoms with van der Waals surface area (Å²) in [6.07, 6.45) is 0. The zero-order chi connectivity index (χ0) is 21.0. The lowest BCUT2D eigenvalue weighted by molar-refractivity contribution is -0.125. The van der Waals surface area contributed by atoms with Gasteiger partial charge in [0.05, 0.1) is 5.92 Å². The van der Waals surface area contributed by atoms with Crippen LogP contribution < -0.4 is 10.6 Å². The largest absolute Gasteiger partial charge is 0.352 e. The molecule has 2 aromatic rings. The molecular formula is C23H28FN3O2. The monoisotopic (exact) mass is 397 g/mol. The Labute approximate surface area is 171 Å². The van der Waals surface area contributed by atoms with Gasteiger partial charge in [-0.25, -0.2) is 9.18 Å². The van der Waals surface area contributed by atoms with Crippen LogP contribution in [0.15, 0.2) is 54.6 Å². The smallest absolute Gasteiger partial charge is 0.317 e. The molecule has 1 aliphatic rings. The predicted octanol–water partition coefficient (Wildman–Crippen LogP) is 3.67. The number of carbonyl (C=O) groups excluding carboxylic acids is 2. The first-order chi connectivity index (χ1) is 13.7. The van der Waals surface area contributed by atoms with Crippen molar-refractivity contribution in [2.24, 2.45) is 5.92 Å². The fourth-order valence-electron chi connectivity index (χ4n) is 3.60. The number of carbonyl (C=O) groups is 2. The van der Waals surface area contributed by atoms with Gasteiger partial charge in [-0.1, -0.05) is 42.5 Å². The van der Waals surface area contributed by atoms with E-state index in [-0.39, 0.29) is 35.1 Å². The van der Waals surface area contributed by atoms with E-state index in [0.717, 1.165) is 11.1 Å². The van der Waals surface area contributed by atoms with Crippen molar-refractivity contribution in [1.29, 1.82) is 0 Å². The third-order valence-corrected chi connectivity index (χ3v) is 5.03. The molecule has 3 rings (SSSR count). The molecule has 29 heavy (non-hydrogen) atoms. The molecule has 2 aromatic carbocycles. The second kappa shape index (κ2) is 8.64. The van der Waals surface area contributed by atoms with Gasteiger partial charge in [0.25, 0.3) is 0 Å². The predicted molar refractivity (Wildman–Crippen MR) is 111 cm³/mol. The van der Waals surface area contributed by atoms with Gasteiger partial charge in [-0.05, 0) is 44.0 Å². The van der Waals surface area contributed by atoms with Crippen LogP contribution in [0.1, 0.15) is 37.8 Å². The Hall–Kier alpha value is -2.89. The van der Waals surface area contributed by atoms with Gasteiger partial charge in [-0.15, -0.1) is 0 Å². The number of amides is 3. The molecule has 0 aromatic heterocycles. The number of rotatable bonds is 4. The van der Waals surface area contributed by atoms with E-state index in [0.29, 0.717) is 19.6 Å². The van der Waals surface area contributed by atoms with Crippen LogP contribution in [0.25, 0.3) is 0 Å². The van der Waals surface area contributed by atoms with Crippen LogP contribution in [0, 0.1) is 11.7 Å². The van der Waals surface area contributed by atoms with Gasteiger partial charge in [-0.3, -0.25) is 4.79 Å². The van der Waals surface area contributed by atoms with Gasteiger partial charge in [0.1, 0.15) is 5.82 Å². The highest BCUT2D eigenvalue weighted by Crippen LogP contribution is 2.33. The number of halogens is 1. The summed E-state index contributed by atoms with van der Waals surface area (Å²) >= 11 is 0. The summed E-state index contributed by atoms with van der Waals surface area (Å²) < 4.78 is 13.1. The minimum atomic E-state index is -0.345. The van der Waals surface area contributed by atoms with Crippen molar-refractivity contribution in [3.8, 4) is 0 Å². The Bertz CT molecular complexity index is 847. The number of benzene rings is 2. The minimum absolute atomic E-state index is 0.0739. The van der Waals surface area contributed by atoms with Crippen LogP contribution in [0.3, 0.4) is 0 Å². The lowest BCUT2D eigenvalue weighted by Gasteiger charge is -2.25. The molecule has 1 saturated heterocycles. The first kappa shape index (κ1) is 20.8. The second-order valence-corrected chi connectivity index (χ2v) is 8.55. The maximum atomic E-state index is 13.1. The van der Waals surface area contributed by atoms with Gasteiger partial charge in [-0.2, -0.15) is 0 Å². The van der Waals surface area contributed by atoms with E-state index in [4.69, 9.17) is 0 Å². The molecule has 0 radical (unpaired) electrons. The zero-order valence-corrected chi connectivity index (χ0v) is 17.1. The number of likely N-dealkylation sites (tertiary alicyclic amines) is 1. The molecule has 1 fully saturated rings. The summed E-state index contributed by atoms with van der Waals surface area (Å²) in [5, 5.41) is 5.92. The van der Waals surface area contributed by atoms with Gasteiger partial charge in [0, 0.05) is 31.1 Å². The van der Waals surface area contributed by atoms with Crippen molar-refractivity contribution in [2.75, 3.05) is 13.1 Å². The summed E-state index contributed by atoms with van der Waals surface area (Å²) in [6.45, 7) is 6.97. The van der Waals surface area contributed by atoms with Gasteiger partial charge >= 0.3 is 6.03 Å². The minimum Gasteiger partial charge on any atom is -0.352 e. The number of nitrogens with zero attached hydrogens (tertiary/aromatic N) is 1. The van der Waals surface area contributed by atoms with E-state index in [9.17, 15) is 14.0 Å². The first-order valence-electron chi connectivity index (χ1n) is 9.87. The third-order valence-electron chi connectivity index (χ3n) is 5.03. The fraction of sp³-hybridized carbons (Fsp3) is 0.391. The highest BCUT2D eigenvalue weighted by molar-refractivity contribution is 5.83. The van der Waals surface area contributed by atoms with Gasteiger partial charge in [0.15, 0.2) is 0 Å². The molecule has 0 spiro atoms. The summed E-state index contributed by atoms with van der Waals surface area (Å²) in [5.74, 6) is -0.826. The van der Waals surface area contributed by atoms with Crippen molar-refractivity contribution in [3.63, 3.8) is 0 Å². The Morgan fingerprint density at radius 2 is 1.69 bits per heavy atom. The van der Waals surface area contributed by atoms with Crippen LogP contribution in [-0.2, 0) is 11.3 Å². The van der Waals surface area contributed by atoms with Crippen molar-refractivity contribution in [1.82, 2.24) is 15.5 Å². The van der Waals surface area contributed by atoms with Crippen molar-refractivity contribution in [3.05, 3.63) is 71.5 Å². The summed E-state index contributed by atoms with van der Waals surface area (Å²) in [4.78, 5) is 27.4. The standard InChI is InChI=1S/C23H28FN3O2/c1-23(2,3)26-22(29)27-14-19(17-7-5-4-6-8-17)20(15-27)21(28)25-13-16-9-11-18(24)12-10-16/h4-12,19-20H,13-15H2,1-3H3,(H,25,28)(H,26,29)/t19-,20+/m0/s1. The Kier molecular flexibility index (Phi) is 6.20. The fourth-order valence-corrected chi connectivity index (χ4v) is 3.60. The molecule has 3 amide bonds. The topological polar surface area (TPSA) is 61.4 Å². The highest BCUT2D eigenvalue weighted by atomic mass is 19.1. The normalized spacial score (nSPS) is 19.1. The van der Waals surface area contributed by atoms with Crippen LogP contribution in [0.5, 0.6) is 0 Å². The molecule has 6 heteroatoms. The molecule has 0 aliphatic carbocycles. The van der Waals surface area contributed by atoms with Gasteiger partial charge < -0.3 is 15.5 Å². The lowest BCUT2D eigenvalue weighted by atomic mass is 9.88. The molecule has 1 aliphatic heterocycles. The van der Waals surface area contributed by atoms with Crippen molar-refractivity contribution >= 4 is 11.9 Å². The van der Waals surface area contributed by atoms with E-state index in [1.165, 1.54) is 12.1 Å². The molecule has 2 N–H and O–H groups in total. The number of nitrogens with one attached hydrogen (secondary N) is 2.